The summed E-state index contributed by atoms with van der Waals surface area (Å²) in [4.78, 5) is 12.3. The Labute approximate surface area is 131 Å². The topological polar surface area (TPSA) is 20.9 Å². The maximum Gasteiger partial charge on any atom is 0.227 e. The Bertz CT molecular complexity index is 590. The zero-order chi connectivity index (χ0) is 13.8. The second kappa shape index (κ2) is 7.34. The van der Waals surface area contributed by atoms with Crippen molar-refractivity contribution >= 4 is 5.78 Å². The Morgan fingerprint density at radius 1 is 1.05 bits per heavy atom. The molecule has 0 atom stereocenters. The van der Waals surface area contributed by atoms with Gasteiger partial charge in [-0.3, -0.25) is 4.79 Å². The number of carbonyl (C=O) groups excluding carboxylic acids is 1. The minimum absolute atomic E-state index is 0. The highest BCUT2D eigenvalue weighted by Crippen LogP contribution is 2.05. The SMILES string of the molecule is CCc1ccc(C)[n+](CC(=O)c2ccc(C)cc2)c1.[Br-]. The first kappa shape index (κ1) is 16.6. The highest BCUT2D eigenvalue weighted by atomic mass is 79.9. The maximum atomic E-state index is 12.3. The number of hydrogen-bond donors (Lipinski definition) is 0. The van der Waals surface area contributed by atoms with E-state index in [0.717, 1.165) is 17.7 Å². The van der Waals surface area contributed by atoms with E-state index in [1.807, 2.05) is 42.7 Å². The molecule has 0 aliphatic rings. The standard InChI is InChI=1S/C17H20NO.BrH/c1-4-15-8-7-14(3)18(11-15)12-17(19)16-9-5-13(2)6-10-16;/h5-11H,4,12H2,1-3H3;1H/q+1;/p-1. The van der Waals surface area contributed by atoms with E-state index in [1.54, 1.807) is 0 Å². The fourth-order valence-corrected chi connectivity index (χ4v) is 2.03. The van der Waals surface area contributed by atoms with Crippen LogP contribution in [0, 0.1) is 13.8 Å². The van der Waals surface area contributed by atoms with Crippen molar-refractivity contribution in [2.75, 3.05) is 0 Å². The van der Waals surface area contributed by atoms with Crippen molar-refractivity contribution in [3.63, 3.8) is 0 Å². The fourth-order valence-electron chi connectivity index (χ4n) is 2.03. The Morgan fingerprint density at radius 3 is 2.30 bits per heavy atom. The first-order chi connectivity index (χ1) is 9.10. The second-order valence-electron chi connectivity index (χ2n) is 4.95. The molecule has 0 bridgehead atoms. The average Bonchev–Trinajstić information content (AvgIpc) is 2.42. The van der Waals surface area contributed by atoms with Gasteiger partial charge in [0, 0.05) is 24.1 Å². The summed E-state index contributed by atoms with van der Waals surface area (Å²) in [6.45, 7) is 6.58. The summed E-state index contributed by atoms with van der Waals surface area (Å²) in [5, 5.41) is 0. The summed E-state index contributed by atoms with van der Waals surface area (Å²) in [5.41, 5.74) is 4.31. The molecule has 2 nitrogen and oxygen atoms in total. The molecule has 2 aromatic rings. The molecule has 20 heavy (non-hydrogen) atoms. The van der Waals surface area contributed by atoms with Gasteiger partial charge < -0.3 is 17.0 Å². The summed E-state index contributed by atoms with van der Waals surface area (Å²) in [6, 6.07) is 11.9. The number of Topliss-reactive ketones (excluding diaryl/α,β-unsaturated/α-hetero) is 1. The largest absolute Gasteiger partial charge is 1.00 e. The predicted molar refractivity (Wildman–Crippen MR) is 76.3 cm³/mol. The molecule has 0 spiro atoms. The third kappa shape index (κ3) is 4.01. The van der Waals surface area contributed by atoms with Gasteiger partial charge in [0.2, 0.25) is 12.3 Å². The van der Waals surface area contributed by atoms with E-state index in [2.05, 4.69) is 25.3 Å². The van der Waals surface area contributed by atoms with Gasteiger partial charge in [0.05, 0.1) is 0 Å². The van der Waals surface area contributed by atoms with E-state index >= 15 is 0 Å². The normalized spacial score (nSPS) is 9.95. The van der Waals surface area contributed by atoms with Crippen molar-refractivity contribution in [1.29, 1.82) is 0 Å². The molecule has 1 heterocycles. The van der Waals surface area contributed by atoms with Gasteiger partial charge in [-0.05, 0) is 19.4 Å². The number of nitrogens with zero attached hydrogens (tertiary/aromatic N) is 1. The van der Waals surface area contributed by atoms with Gasteiger partial charge >= 0.3 is 0 Å². The van der Waals surface area contributed by atoms with E-state index in [4.69, 9.17) is 0 Å². The summed E-state index contributed by atoms with van der Waals surface area (Å²) < 4.78 is 2.03. The number of carbonyl (C=O) groups is 1. The molecule has 1 aromatic heterocycles. The van der Waals surface area contributed by atoms with Crippen molar-refractivity contribution in [2.45, 2.75) is 33.7 Å². The Balaban J connectivity index is 0.00000200. The zero-order valence-corrected chi connectivity index (χ0v) is 13.8. The monoisotopic (exact) mass is 333 g/mol. The Morgan fingerprint density at radius 2 is 1.70 bits per heavy atom. The lowest BCUT2D eigenvalue weighted by molar-refractivity contribution is -0.689. The number of pyridine rings is 1. The van der Waals surface area contributed by atoms with Gasteiger partial charge in [-0.25, -0.2) is 0 Å². The van der Waals surface area contributed by atoms with Crippen LogP contribution < -0.4 is 21.5 Å². The Hall–Kier alpha value is -1.48. The molecule has 0 aliphatic heterocycles. The van der Waals surface area contributed by atoms with Crippen LogP contribution in [0.15, 0.2) is 42.6 Å². The van der Waals surface area contributed by atoms with Crippen LogP contribution in [-0.2, 0) is 13.0 Å². The first-order valence-corrected chi connectivity index (χ1v) is 6.69. The Kier molecular flexibility index (Phi) is 6.08. The van der Waals surface area contributed by atoms with E-state index in [1.165, 1.54) is 11.1 Å². The molecule has 0 saturated heterocycles. The molecule has 0 amide bonds. The van der Waals surface area contributed by atoms with Gasteiger partial charge in [-0.1, -0.05) is 36.8 Å². The number of halogens is 1. The van der Waals surface area contributed by atoms with Crippen molar-refractivity contribution in [2.24, 2.45) is 0 Å². The van der Waals surface area contributed by atoms with Gasteiger partial charge in [-0.15, -0.1) is 0 Å². The number of benzene rings is 1. The van der Waals surface area contributed by atoms with Crippen LogP contribution in [0.2, 0.25) is 0 Å². The molecule has 3 heteroatoms. The van der Waals surface area contributed by atoms with Gasteiger partial charge in [0.1, 0.15) is 0 Å². The maximum absolute atomic E-state index is 12.3. The summed E-state index contributed by atoms with van der Waals surface area (Å²) in [7, 11) is 0. The highest BCUT2D eigenvalue weighted by molar-refractivity contribution is 5.95. The van der Waals surface area contributed by atoms with Gasteiger partial charge in [-0.2, -0.15) is 4.57 Å². The van der Waals surface area contributed by atoms with E-state index in [-0.39, 0.29) is 22.8 Å². The summed E-state index contributed by atoms with van der Waals surface area (Å²) in [6.07, 6.45) is 3.06. The van der Waals surface area contributed by atoms with Gasteiger partial charge in [0.25, 0.3) is 0 Å². The van der Waals surface area contributed by atoms with Crippen LogP contribution in [-0.4, -0.2) is 5.78 Å². The van der Waals surface area contributed by atoms with Crippen molar-refractivity contribution < 1.29 is 26.3 Å². The molecular formula is C17H20BrNO. The van der Waals surface area contributed by atoms with Crippen molar-refractivity contribution in [1.82, 2.24) is 0 Å². The lowest BCUT2D eigenvalue weighted by Gasteiger charge is -2.03. The molecule has 0 unspecified atom stereocenters. The van der Waals surface area contributed by atoms with Crippen LogP contribution in [0.1, 0.15) is 34.1 Å². The minimum atomic E-state index is 0. The van der Waals surface area contributed by atoms with Crippen LogP contribution >= 0.6 is 0 Å². The molecule has 0 saturated carbocycles. The third-order valence-corrected chi connectivity index (χ3v) is 3.41. The number of aromatic nitrogens is 1. The second-order valence-corrected chi connectivity index (χ2v) is 4.95. The summed E-state index contributed by atoms with van der Waals surface area (Å²) in [5.74, 6) is 0.154. The highest BCUT2D eigenvalue weighted by Gasteiger charge is 2.14. The quantitative estimate of drug-likeness (QED) is 0.571. The molecule has 2 rings (SSSR count). The summed E-state index contributed by atoms with van der Waals surface area (Å²) >= 11 is 0. The van der Waals surface area contributed by atoms with Crippen LogP contribution in [0.25, 0.3) is 0 Å². The van der Waals surface area contributed by atoms with Crippen LogP contribution in [0.4, 0.5) is 0 Å². The molecular weight excluding hydrogens is 314 g/mol. The van der Waals surface area contributed by atoms with Crippen molar-refractivity contribution in [3.8, 4) is 0 Å². The number of ketones is 1. The van der Waals surface area contributed by atoms with Gasteiger partial charge in [0.15, 0.2) is 11.9 Å². The molecule has 106 valence electrons. The van der Waals surface area contributed by atoms with Crippen molar-refractivity contribution in [3.05, 3.63) is 65.0 Å². The molecule has 1 aromatic carbocycles. The van der Waals surface area contributed by atoms with Crippen LogP contribution in [0.5, 0.6) is 0 Å². The van der Waals surface area contributed by atoms with E-state index in [0.29, 0.717) is 6.54 Å². The lowest BCUT2D eigenvalue weighted by Crippen LogP contribution is -3.00. The third-order valence-electron chi connectivity index (χ3n) is 3.41. The zero-order valence-electron chi connectivity index (χ0n) is 12.2. The first-order valence-electron chi connectivity index (χ1n) is 6.69. The predicted octanol–water partition coefficient (Wildman–Crippen LogP) is 0.0402. The van der Waals surface area contributed by atoms with E-state index in [9.17, 15) is 4.79 Å². The molecule has 0 N–H and O–H groups in total. The van der Waals surface area contributed by atoms with Crippen LogP contribution in [0.3, 0.4) is 0 Å². The number of rotatable bonds is 4. The average molecular weight is 334 g/mol. The fraction of sp³-hybridized carbons (Fsp3) is 0.294. The molecule has 0 radical (unpaired) electrons. The molecule has 0 aliphatic carbocycles. The lowest BCUT2D eigenvalue weighted by atomic mass is 10.1. The number of hydrogen-bond acceptors (Lipinski definition) is 1. The minimum Gasteiger partial charge on any atom is -1.00 e. The van der Waals surface area contributed by atoms with E-state index < -0.39 is 0 Å². The smallest absolute Gasteiger partial charge is 0.227 e. The molecule has 0 fully saturated rings. The number of aryl methyl sites for hydroxylation is 3.